The van der Waals surface area contributed by atoms with Gasteiger partial charge < -0.3 is 9.64 Å². The summed E-state index contributed by atoms with van der Waals surface area (Å²) in [5.74, 6) is 0.683. The Hall–Kier alpha value is -2.10. The van der Waals surface area contributed by atoms with Gasteiger partial charge in [-0.25, -0.2) is 0 Å². The molecule has 0 bridgehead atoms. The Morgan fingerprint density at radius 2 is 1.79 bits per heavy atom. The maximum absolute atomic E-state index is 6.63. The largest absolute Gasteiger partial charge is 0.372 e. The molecule has 3 heteroatoms. The number of nitrogens with zero attached hydrogens (tertiary/aromatic N) is 2. The SMILES string of the molecule is C=C(c1ccc(CC(C)C)c(CC)c1)N1CCC2(CC1)CN(CC)C(c1ccccc1)CO2. The second-order valence-corrected chi connectivity index (χ2v) is 10.4. The van der Waals surface area contributed by atoms with Gasteiger partial charge >= 0.3 is 0 Å². The smallest absolute Gasteiger partial charge is 0.0843 e. The number of rotatable bonds is 7. The third-order valence-electron chi connectivity index (χ3n) is 7.67. The fraction of sp³-hybridized carbons (Fsp3) is 0.533. The lowest BCUT2D eigenvalue weighted by Crippen LogP contribution is -2.57. The molecule has 0 radical (unpaired) electrons. The fourth-order valence-corrected chi connectivity index (χ4v) is 5.64. The molecular formula is C30H42N2O. The summed E-state index contributed by atoms with van der Waals surface area (Å²) in [7, 11) is 0. The van der Waals surface area contributed by atoms with E-state index in [1.807, 2.05) is 0 Å². The van der Waals surface area contributed by atoms with E-state index in [-0.39, 0.29) is 5.60 Å². The van der Waals surface area contributed by atoms with Crippen LogP contribution in [0.5, 0.6) is 0 Å². The summed E-state index contributed by atoms with van der Waals surface area (Å²) >= 11 is 0. The Bertz CT molecular complexity index is 928. The number of hydrogen-bond acceptors (Lipinski definition) is 3. The number of aryl methyl sites for hydroxylation is 1. The van der Waals surface area contributed by atoms with E-state index in [2.05, 4.69) is 92.6 Å². The molecule has 1 atom stereocenters. The first-order valence-electron chi connectivity index (χ1n) is 12.9. The second kappa shape index (κ2) is 10.4. The Labute approximate surface area is 201 Å². The summed E-state index contributed by atoms with van der Waals surface area (Å²) in [6.07, 6.45) is 4.36. The summed E-state index contributed by atoms with van der Waals surface area (Å²) < 4.78 is 6.63. The van der Waals surface area contributed by atoms with E-state index in [0.29, 0.717) is 12.0 Å². The van der Waals surface area contributed by atoms with E-state index >= 15 is 0 Å². The number of morpholine rings is 1. The van der Waals surface area contributed by atoms with Crippen molar-refractivity contribution < 1.29 is 4.74 Å². The third-order valence-corrected chi connectivity index (χ3v) is 7.67. The zero-order valence-corrected chi connectivity index (χ0v) is 21.1. The average molecular weight is 447 g/mol. The normalized spacial score (nSPS) is 21.0. The van der Waals surface area contributed by atoms with E-state index in [1.54, 1.807) is 0 Å². The number of piperidine rings is 1. The van der Waals surface area contributed by atoms with E-state index < -0.39 is 0 Å². The van der Waals surface area contributed by atoms with Gasteiger partial charge in [0.25, 0.3) is 0 Å². The van der Waals surface area contributed by atoms with Crippen molar-refractivity contribution in [1.82, 2.24) is 9.80 Å². The molecule has 0 aliphatic carbocycles. The minimum Gasteiger partial charge on any atom is -0.372 e. The number of ether oxygens (including phenoxy) is 1. The molecule has 2 heterocycles. The summed E-state index contributed by atoms with van der Waals surface area (Å²) in [5, 5.41) is 0. The van der Waals surface area contributed by atoms with Gasteiger partial charge in [0, 0.05) is 25.3 Å². The Morgan fingerprint density at radius 1 is 1.06 bits per heavy atom. The Kier molecular flexibility index (Phi) is 7.61. The van der Waals surface area contributed by atoms with Crippen molar-refractivity contribution in [3.8, 4) is 0 Å². The summed E-state index contributed by atoms with van der Waals surface area (Å²) in [5.41, 5.74) is 6.75. The van der Waals surface area contributed by atoms with E-state index in [9.17, 15) is 0 Å². The van der Waals surface area contributed by atoms with E-state index in [1.165, 1.54) is 28.0 Å². The molecular weight excluding hydrogens is 404 g/mol. The van der Waals surface area contributed by atoms with Crippen LogP contribution in [0.25, 0.3) is 5.70 Å². The molecule has 178 valence electrons. The first kappa shape index (κ1) is 24.0. The molecule has 0 saturated carbocycles. The Balaban J connectivity index is 1.40. The van der Waals surface area contributed by atoms with Gasteiger partial charge in [-0.2, -0.15) is 0 Å². The molecule has 2 aromatic carbocycles. The van der Waals surface area contributed by atoms with Crippen molar-refractivity contribution >= 4 is 5.70 Å². The highest BCUT2D eigenvalue weighted by Gasteiger charge is 2.42. The van der Waals surface area contributed by atoms with Crippen LogP contribution in [0, 0.1) is 5.92 Å². The quantitative estimate of drug-likeness (QED) is 0.493. The van der Waals surface area contributed by atoms with Gasteiger partial charge in [0.2, 0.25) is 0 Å². The molecule has 0 N–H and O–H groups in total. The molecule has 0 amide bonds. The molecule has 3 nitrogen and oxygen atoms in total. The van der Waals surface area contributed by atoms with Gasteiger partial charge in [-0.15, -0.1) is 0 Å². The van der Waals surface area contributed by atoms with Gasteiger partial charge in [0.15, 0.2) is 0 Å². The minimum absolute atomic E-state index is 0.0201. The van der Waals surface area contributed by atoms with Crippen LogP contribution >= 0.6 is 0 Å². The zero-order valence-electron chi connectivity index (χ0n) is 21.1. The highest BCUT2D eigenvalue weighted by Crippen LogP contribution is 2.38. The molecule has 33 heavy (non-hydrogen) atoms. The van der Waals surface area contributed by atoms with Crippen LogP contribution in [0.1, 0.15) is 68.8 Å². The van der Waals surface area contributed by atoms with Crippen LogP contribution in [0.4, 0.5) is 0 Å². The van der Waals surface area contributed by atoms with Gasteiger partial charge in [-0.05, 0) is 66.5 Å². The lowest BCUT2D eigenvalue weighted by atomic mass is 9.87. The van der Waals surface area contributed by atoms with Gasteiger partial charge in [0.1, 0.15) is 0 Å². The number of hydrogen-bond donors (Lipinski definition) is 0. The standard InChI is InChI=1S/C30H42N2O/c1-6-25-20-27(13-14-28(25)19-23(3)4)24(5)32-17-15-30(16-18-32)22-31(7-2)29(21-33-30)26-11-9-8-10-12-26/h8-14,20,23,29H,5-7,15-19,21-22H2,1-4H3. The molecule has 2 aromatic rings. The number of likely N-dealkylation sites (N-methyl/N-ethyl adjacent to an activating group) is 1. The molecule has 0 aromatic heterocycles. The second-order valence-electron chi connectivity index (χ2n) is 10.4. The minimum atomic E-state index is -0.0201. The topological polar surface area (TPSA) is 15.7 Å². The fourth-order valence-electron chi connectivity index (χ4n) is 5.64. The molecule has 2 aliphatic heterocycles. The summed E-state index contributed by atoms with van der Waals surface area (Å²) in [6, 6.07) is 18.2. The highest BCUT2D eigenvalue weighted by molar-refractivity contribution is 5.63. The predicted octanol–water partition coefficient (Wildman–Crippen LogP) is 6.35. The van der Waals surface area contributed by atoms with E-state index in [0.717, 1.165) is 58.5 Å². The van der Waals surface area contributed by atoms with Gasteiger partial charge in [-0.1, -0.05) is 76.7 Å². The predicted molar refractivity (Wildman–Crippen MR) is 139 cm³/mol. The van der Waals surface area contributed by atoms with Crippen LogP contribution < -0.4 is 0 Å². The first-order valence-corrected chi connectivity index (χ1v) is 12.9. The van der Waals surface area contributed by atoms with Crippen molar-refractivity contribution in [2.75, 3.05) is 32.8 Å². The summed E-state index contributed by atoms with van der Waals surface area (Å²) in [4.78, 5) is 5.09. The number of likely N-dealkylation sites (tertiary alicyclic amines) is 1. The van der Waals surface area contributed by atoms with Crippen molar-refractivity contribution in [2.24, 2.45) is 5.92 Å². The van der Waals surface area contributed by atoms with Gasteiger partial charge in [0.05, 0.1) is 18.2 Å². The maximum Gasteiger partial charge on any atom is 0.0843 e. The first-order chi connectivity index (χ1) is 15.9. The lowest BCUT2D eigenvalue weighted by Gasteiger charge is -2.50. The molecule has 1 spiro atoms. The van der Waals surface area contributed by atoms with Crippen LogP contribution in [-0.2, 0) is 17.6 Å². The van der Waals surface area contributed by atoms with Crippen molar-refractivity contribution in [1.29, 1.82) is 0 Å². The average Bonchev–Trinajstić information content (AvgIpc) is 2.84. The lowest BCUT2D eigenvalue weighted by molar-refractivity contribution is -0.153. The van der Waals surface area contributed by atoms with Crippen molar-refractivity contribution in [3.63, 3.8) is 0 Å². The van der Waals surface area contributed by atoms with Crippen LogP contribution in [-0.4, -0.2) is 48.2 Å². The monoisotopic (exact) mass is 446 g/mol. The van der Waals surface area contributed by atoms with Crippen LogP contribution in [0.2, 0.25) is 0 Å². The Morgan fingerprint density at radius 3 is 2.42 bits per heavy atom. The van der Waals surface area contributed by atoms with Crippen molar-refractivity contribution in [2.45, 2.75) is 65.0 Å². The third kappa shape index (κ3) is 5.36. The van der Waals surface area contributed by atoms with Gasteiger partial charge in [-0.3, -0.25) is 4.90 Å². The van der Waals surface area contributed by atoms with Crippen LogP contribution in [0.3, 0.4) is 0 Å². The van der Waals surface area contributed by atoms with Crippen molar-refractivity contribution in [3.05, 3.63) is 77.4 Å². The van der Waals surface area contributed by atoms with Crippen LogP contribution in [0.15, 0.2) is 55.1 Å². The molecule has 2 fully saturated rings. The molecule has 4 rings (SSSR count). The molecule has 2 aliphatic rings. The zero-order chi connectivity index (χ0) is 23.4. The van der Waals surface area contributed by atoms with E-state index in [4.69, 9.17) is 4.74 Å². The molecule has 2 saturated heterocycles. The highest BCUT2D eigenvalue weighted by atomic mass is 16.5. The summed E-state index contributed by atoms with van der Waals surface area (Å²) in [6.45, 7) is 18.5. The maximum atomic E-state index is 6.63. The molecule has 1 unspecified atom stereocenters. The number of benzene rings is 2.